The summed E-state index contributed by atoms with van der Waals surface area (Å²) >= 11 is 0. The van der Waals surface area contributed by atoms with E-state index in [1.54, 1.807) is 0 Å². The summed E-state index contributed by atoms with van der Waals surface area (Å²) in [4.78, 5) is 26.3. The summed E-state index contributed by atoms with van der Waals surface area (Å²) in [6.45, 7) is 4.10. The standard InChI is InChI=1S/C12H13N3O4/c1-7(2)11-13-10(19-14-11)6-15-4-3-9(16)8(5-15)12(17)18/h3-5,7H,6H2,1-2H3,(H,17,18). The van der Waals surface area contributed by atoms with Crippen molar-refractivity contribution < 1.29 is 14.4 Å². The lowest BCUT2D eigenvalue weighted by Crippen LogP contribution is -2.16. The van der Waals surface area contributed by atoms with Crippen molar-refractivity contribution in [1.29, 1.82) is 0 Å². The number of hydrogen-bond donors (Lipinski definition) is 1. The number of aromatic carboxylic acids is 1. The van der Waals surface area contributed by atoms with E-state index in [9.17, 15) is 9.59 Å². The summed E-state index contributed by atoms with van der Waals surface area (Å²) in [5.74, 6) is -0.146. The third kappa shape index (κ3) is 2.87. The Morgan fingerprint density at radius 3 is 2.84 bits per heavy atom. The summed E-state index contributed by atoms with van der Waals surface area (Å²) < 4.78 is 6.57. The van der Waals surface area contributed by atoms with Gasteiger partial charge in [0.1, 0.15) is 12.1 Å². The van der Waals surface area contributed by atoms with Gasteiger partial charge in [0.15, 0.2) is 11.3 Å². The molecule has 0 amide bonds. The predicted octanol–water partition coefficient (Wildman–Crippen LogP) is 1.10. The first kappa shape index (κ1) is 13.0. The fourth-order valence-electron chi connectivity index (χ4n) is 1.51. The van der Waals surface area contributed by atoms with E-state index in [-0.39, 0.29) is 18.0 Å². The molecule has 0 aliphatic carbocycles. The molecule has 0 fully saturated rings. The number of nitrogens with zero attached hydrogens (tertiary/aromatic N) is 3. The van der Waals surface area contributed by atoms with Gasteiger partial charge >= 0.3 is 5.97 Å². The van der Waals surface area contributed by atoms with E-state index in [1.165, 1.54) is 23.0 Å². The Morgan fingerprint density at radius 1 is 1.53 bits per heavy atom. The monoisotopic (exact) mass is 263 g/mol. The van der Waals surface area contributed by atoms with Crippen LogP contribution >= 0.6 is 0 Å². The van der Waals surface area contributed by atoms with Crippen LogP contribution in [0.3, 0.4) is 0 Å². The maximum Gasteiger partial charge on any atom is 0.341 e. The van der Waals surface area contributed by atoms with E-state index in [0.29, 0.717) is 11.7 Å². The molecule has 100 valence electrons. The average Bonchev–Trinajstić information content (AvgIpc) is 2.80. The number of aromatic nitrogens is 3. The molecule has 2 aromatic heterocycles. The highest BCUT2D eigenvalue weighted by atomic mass is 16.5. The third-order valence-corrected chi connectivity index (χ3v) is 2.53. The zero-order valence-electron chi connectivity index (χ0n) is 10.5. The fraction of sp³-hybridized carbons (Fsp3) is 0.333. The maximum atomic E-state index is 11.3. The Balaban J connectivity index is 2.25. The van der Waals surface area contributed by atoms with E-state index in [0.717, 1.165) is 0 Å². The summed E-state index contributed by atoms with van der Waals surface area (Å²) in [6.07, 6.45) is 2.73. The summed E-state index contributed by atoms with van der Waals surface area (Å²) in [6, 6.07) is 1.20. The van der Waals surface area contributed by atoms with Crippen LogP contribution in [0.15, 0.2) is 27.8 Å². The minimum atomic E-state index is -1.26. The van der Waals surface area contributed by atoms with E-state index in [1.807, 2.05) is 13.8 Å². The molecule has 2 aromatic rings. The van der Waals surface area contributed by atoms with E-state index in [2.05, 4.69) is 10.1 Å². The Labute approximate surface area is 108 Å². The molecule has 7 heteroatoms. The smallest absolute Gasteiger partial charge is 0.341 e. The molecular formula is C12H13N3O4. The van der Waals surface area contributed by atoms with Crippen LogP contribution in [0.5, 0.6) is 0 Å². The van der Waals surface area contributed by atoms with Crippen LogP contribution in [0, 0.1) is 0 Å². The number of carboxylic acids is 1. The normalized spacial score (nSPS) is 10.9. The first-order valence-corrected chi connectivity index (χ1v) is 5.73. The summed E-state index contributed by atoms with van der Waals surface area (Å²) in [5, 5.41) is 12.7. The van der Waals surface area contributed by atoms with Crippen LogP contribution in [0.4, 0.5) is 0 Å². The van der Waals surface area contributed by atoms with Gasteiger partial charge in [-0.05, 0) is 0 Å². The van der Waals surface area contributed by atoms with Crippen LogP contribution in [0.25, 0.3) is 0 Å². The first-order chi connectivity index (χ1) is 8.97. The highest BCUT2D eigenvalue weighted by Gasteiger charge is 2.12. The lowest BCUT2D eigenvalue weighted by atomic mass is 10.2. The number of carbonyl (C=O) groups is 1. The van der Waals surface area contributed by atoms with Gasteiger partial charge in [0, 0.05) is 24.4 Å². The van der Waals surface area contributed by atoms with Gasteiger partial charge in [-0.25, -0.2) is 4.79 Å². The van der Waals surface area contributed by atoms with Crippen molar-refractivity contribution in [2.24, 2.45) is 0 Å². The minimum Gasteiger partial charge on any atom is -0.477 e. The number of rotatable bonds is 4. The molecule has 0 unspecified atom stereocenters. The van der Waals surface area contributed by atoms with E-state index in [4.69, 9.17) is 9.63 Å². The Bertz CT molecular complexity index is 657. The lowest BCUT2D eigenvalue weighted by molar-refractivity contribution is 0.0694. The second kappa shape index (κ2) is 5.05. The SMILES string of the molecule is CC(C)c1noc(Cn2ccc(=O)c(C(=O)O)c2)n1. The molecule has 0 aliphatic heterocycles. The van der Waals surface area contributed by atoms with E-state index >= 15 is 0 Å². The largest absolute Gasteiger partial charge is 0.477 e. The zero-order valence-corrected chi connectivity index (χ0v) is 10.5. The molecule has 1 N–H and O–H groups in total. The molecule has 0 radical (unpaired) electrons. The number of carboxylic acid groups (broad SMARTS) is 1. The molecule has 0 atom stereocenters. The topological polar surface area (TPSA) is 98.2 Å². The van der Waals surface area contributed by atoms with Crippen molar-refractivity contribution in [3.05, 3.63) is 46.0 Å². The molecule has 7 nitrogen and oxygen atoms in total. The maximum absolute atomic E-state index is 11.3. The third-order valence-electron chi connectivity index (χ3n) is 2.53. The van der Waals surface area contributed by atoms with Gasteiger partial charge in [-0.3, -0.25) is 4.79 Å². The fourth-order valence-corrected chi connectivity index (χ4v) is 1.51. The van der Waals surface area contributed by atoms with Gasteiger partial charge < -0.3 is 14.2 Å². The summed E-state index contributed by atoms with van der Waals surface area (Å²) in [7, 11) is 0. The first-order valence-electron chi connectivity index (χ1n) is 5.73. The molecule has 19 heavy (non-hydrogen) atoms. The van der Waals surface area contributed by atoms with Crippen molar-refractivity contribution in [3.8, 4) is 0 Å². The second-order valence-corrected chi connectivity index (χ2v) is 4.40. The lowest BCUT2D eigenvalue weighted by Gasteiger charge is -2.03. The zero-order chi connectivity index (χ0) is 14.0. The molecular weight excluding hydrogens is 250 g/mol. The Morgan fingerprint density at radius 2 is 2.26 bits per heavy atom. The van der Waals surface area contributed by atoms with E-state index < -0.39 is 11.4 Å². The molecule has 0 aliphatic rings. The van der Waals surface area contributed by atoms with Crippen molar-refractivity contribution in [1.82, 2.24) is 14.7 Å². The van der Waals surface area contributed by atoms with Crippen molar-refractivity contribution >= 4 is 5.97 Å². The average molecular weight is 263 g/mol. The second-order valence-electron chi connectivity index (χ2n) is 4.40. The Kier molecular flexibility index (Phi) is 3.46. The molecule has 0 bridgehead atoms. The molecule has 2 heterocycles. The van der Waals surface area contributed by atoms with Gasteiger partial charge in [-0.1, -0.05) is 19.0 Å². The van der Waals surface area contributed by atoms with Crippen LogP contribution < -0.4 is 5.43 Å². The van der Waals surface area contributed by atoms with Crippen molar-refractivity contribution in [3.63, 3.8) is 0 Å². The molecule has 2 rings (SSSR count). The van der Waals surface area contributed by atoms with Crippen LogP contribution in [-0.4, -0.2) is 25.8 Å². The quantitative estimate of drug-likeness (QED) is 0.886. The Hall–Kier alpha value is -2.44. The molecule has 0 aromatic carbocycles. The molecule has 0 saturated heterocycles. The summed E-state index contributed by atoms with van der Waals surface area (Å²) in [5.41, 5.74) is -0.816. The van der Waals surface area contributed by atoms with Crippen LogP contribution in [0.1, 0.15) is 41.8 Å². The predicted molar refractivity (Wildman–Crippen MR) is 65.2 cm³/mol. The molecule has 0 spiro atoms. The van der Waals surface area contributed by atoms with Crippen molar-refractivity contribution in [2.45, 2.75) is 26.3 Å². The highest BCUT2D eigenvalue weighted by Crippen LogP contribution is 2.10. The van der Waals surface area contributed by atoms with Gasteiger partial charge in [0.2, 0.25) is 5.89 Å². The number of pyridine rings is 1. The number of hydrogen-bond acceptors (Lipinski definition) is 5. The van der Waals surface area contributed by atoms with Crippen LogP contribution in [-0.2, 0) is 6.54 Å². The minimum absolute atomic E-state index is 0.154. The van der Waals surface area contributed by atoms with Gasteiger partial charge in [0.05, 0.1) is 0 Å². The van der Waals surface area contributed by atoms with Crippen LogP contribution in [0.2, 0.25) is 0 Å². The van der Waals surface area contributed by atoms with Crippen molar-refractivity contribution in [2.75, 3.05) is 0 Å². The van der Waals surface area contributed by atoms with Gasteiger partial charge in [-0.2, -0.15) is 4.98 Å². The van der Waals surface area contributed by atoms with Gasteiger partial charge in [-0.15, -0.1) is 0 Å². The highest BCUT2D eigenvalue weighted by molar-refractivity contribution is 5.86. The van der Waals surface area contributed by atoms with Gasteiger partial charge in [0.25, 0.3) is 0 Å². The molecule has 0 saturated carbocycles.